The lowest BCUT2D eigenvalue weighted by Gasteiger charge is -2.40. The lowest BCUT2D eigenvalue weighted by atomic mass is 9.77. The molecule has 1 aromatic carbocycles. The van der Waals surface area contributed by atoms with Crippen LogP contribution >= 0.6 is 0 Å². The van der Waals surface area contributed by atoms with E-state index in [1.165, 1.54) is 51.1 Å². The lowest BCUT2D eigenvalue weighted by molar-refractivity contribution is 0.222. The Kier molecular flexibility index (Phi) is 3.40. The Balaban J connectivity index is 1.63. The molecule has 19 heavy (non-hydrogen) atoms. The lowest BCUT2D eigenvalue weighted by Crippen LogP contribution is -2.41. The Hall–Kier alpha value is -1.22. The van der Waals surface area contributed by atoms with E-state index in [1.807, 2.05) is 0 Å². The van der Waals surface area contributed by atoms with Crippen molar-refractivity contribution in [1.29, 1.82) is 0 Å². The monoisotopic (exact) mass is 260 g/mol. The summed E-state index contributed by atoms with van der Waals surface area (Å²) in [5.41, 5.74) is 1.94. The second-order valence-electron chi connectivity index (χ2n) is 6.17. The zero-order valence-corrected chi connectivity index (χ0v) is 12.1. The molecule has 0 aromatic heterocycles. The van der Waals surface area contributed by atoms with Gasteiger partial charge in [-0.3, -0.25) is 0 Å². The van der Waals surface area contributed by atoms with Gasteiger partial charge in [0.2, 0.25) is 0 Å². The molecule has 3 nitrogen and oxygen atoms in total. The van der Waals surface area contributed by atoms with Crippen molar-refractivity contribution in [2.75, 3.05) is 45.2 Å². The molecule has 2 saturated heterocycles. The molecule has 3 rings (SSSR count). The molecular weight excluding hydrogens is 236 g/mol. The van der Waals surface area contributed by atoms with Crippen LogP contribution in [0, 0.1) is 5.41 Å². The average Bonchev–Trinajstić information content (AvgIpc) is 2.81. The van der Waals surface area contributed by atoms with Crippen molar-refractivity contribution in [3.8, 4) is 5.75 Å². The summed E-state index contributed by atoms with van der Waals surface area (Å²) in [7, 11) is 3.97. The molecule has 0 unspecified atom stereocenters. The average molecular weight is 260 g/mol. The van der Waals surface area contributed by atoms with Crippen LogP contribution < -0.4 is 9.64 Å². The molecule has 104 valence electrons. The van der Waals surface area contributed by atoms with E-state index in [0.717, 1.165) is 5.75 Å². The molecule has 2 fully saturated rings. The molecule has 0 amide bonds. The summed E-state index contributed by atoms with van der Waals surface area (Å²) < 4.78 is 5.22. The molecular formula is C16H24N2O. The zero-order valence-electron chi connectivity index (χ0n) is 12.1. The predicted molar refractivity (Wildman–Crippen MR) is 79.0 cm³/mol. The molecule has 0 radical (unpaired) electrons. The van der Waals surface area contributed by atoms with Crippen molar-refractivity contribution < 1.29 is 4.74 Å². The van der Waals surface area contributed by atoms with Gasteiger partial charge in [-0.05, 0) is 62.5 Å². The normalized spacial score (nSPS) is 22.9. The Labute approximate surface area is 116 Å². The number of piperidine rings is 1. The van der Waals surface area contributed by atoms with Crippen LogP contribution in [0.3, 0.4) is 0 Å². The molecule has 0 saturated carbocycles. The van der Waals surface area contributed by atoms with Crippen LogP contribution in [0.5, 0.6) is 5.75 Å². The molecule has 0 N–H and O–H groups in total. The van der Waals surface area contributed by atoms with Gasteiger partial charge in [-0.25, -0.2) is 0 Å². The highest BCUT2D eigenvalue weighted by Crippen LogP contribution is 2.40. The number of rotatable bonds is 2. The van der Waals surface area contributed by atoms with Crippen LogP contribution in [0.4, 0.5) is 5.69 Å². The van der Waals surface area contributed by atoms with Crippen LogP contribution in [-0.4, -0.2) is 45.2 Å². The van der Waals surface area contributed by atoms with E-state index in [9.17, 15) is 0 Å². The molecule has 0 atom stereocenters. The summed E-state index contributed by atoms with van der Waals surface area (Å²) >= 11 is 0. The third kappa shape index (κ3) is 2.57. The summed E-state index contributed by atoms with van der Waals surface area (Å²) in [4.78, 5) is 5.01. The number of ether oxygens (including phenoxy) is 1. The van der Waals surface area contributed by atoms with Crippen LogP contribution in [0.25, 0.3) is 0 Å². The molecule has 2 aliphatic rings. The van der Waals surface area contributed by atoms with Crippen LogP contribution in [0.1, 0.15) is 19.3 Å². The molecule has 2 heterocycles. The smallest absolute Gasteiger partial charge is 0.119 e. The summed E-state index contributed by atoms with van der Waals surface area (Å²) in [5.74, 6) is 0.939. The first kappa shape index (κ1) is 12.8. The zero-order chi connectivity index (χ0) is 13.3. The van der Waals surface area contributed by atoms with Gasteiger partial charge in [0.25, 0.3) is 0 Å². The van der Waals surface area contributed by atoms with E-state index < -0.39 is 0 Å². The SMILES string of the molecule is COc1ccc(N2CCC3(CCN(C)C3)CC2)cc1. The fourth-order valence-electron chi connectivity index (χ4n) is 3.60. The van der Waals surface area contributed by atoms with E-state index in [0.29, 0.717) is 5.41 Å². The van der Waals surface area contributed by atoms with Gasteiger partial charge in [0, 0.05) is 25.3 Å². The fourth-order valence-corrected chi connectivity index (χ4v) is 3.60. The number of hydrogen-bond acceptors (Lipinski definition) is 3. The topological polar surface area (TPSA) is 15.7 Å². The maximum absolute atomic E-state index is 5.22. The van der Waals surface area contributed by atoms with E-state index in [2.05, 4.69) is 41.1 Å². The van der Waals surface area contributed by atoms with E-state index in [-0.39, 0.29) is 0 Å². The van der Waals surface area contributed by atoms with Crippen LogP contribution in [-0.2, 0) is 0 Å². The van der Waals surface area contributed by atoms with Crippen molar-refractivity contribution in [1.82, 2.24) is 4.90 Å². The number of anilines is 1. The predicted octanol–water partition coefficient (Wildman–Crippen LogP) is 2.62. The third-order valence-electron chi connectivity index (χ3n) is 4.89. The molecule has 1 spiro atoms. The van der Waals surface area contributed by atoms with Crippen LogP contribution in [0.2, 0.25) is 0 Å². The second kappa shape index (κ2) is 5.04. The van der Waals surface area contributed by atoms with E-state index >= 15 is 0 Å². The highest BCUT2D eigenvalue weighted by molar-refractivity contribution is 5.49. The largest absolute Gasteiger partial charge is 0.497 e. The minimum Gasteiger partial charge on any atom is -0.497 e. The Morgan fingerprint density at radius 1 is 1.00 bits per heavy atom. The van der Waals surface area contributed by atoms with Crippen LogP contribution in [0.15, 0.2) is 24.3 Å². The molecule has 0 aliphatic carbocycles. The molecule has 3 heteroatoms. The van der Waals surface area contributed by atoms with Gasteiger partial charge in [0.15, 0.2) is 0 Å². The number of hydrogen-bond donors (Lipinski definition) is 0. The summed E-state index contributed by atoms with van der Waals surface area (Å²) in [6, 6.07) is 8.47. The standard InChI is InChI=1S/C16H24N2O/c1-17-10-7-16(13-17)8-11-18(12-9-16)14-3-5-15(19-2)6-4-14/h3-6H,7-13H2,1-2H3. The Morgan fingerprint density at radius 3 is 2.16 bits per heavy atom. The first-order chi connectivity index (χ1) is 9.21. The van der Waals surface area contributed by atoms with Crippen molar-refractivity contribution in [3.05, 3.63) is 24.3 Å². The second-order valence-corrected chi connectivity index (χ2v) is 6.17. The van der Waals surface area contributed by atoms with Gasteiger partial charge < -0.3 is 14.5 Å². The number of nitrogens with zero attached hydrogens (tertiary/aromatic N) is 2. The maximum Gasteiger partial charge on any atom is 0.119 e. The maximum atomic E-state index is 5.22. The summed E-state index contributed by atoms with van der Waals surface area (Å²) in [6.07, 6.45) is 4.06. The van der Waals surface area contributed by atoms with E-state index in [1.54, 1.807) is 7.11 Å². The molecule has 1 aromatic rings. The minimum absolute atomic E-state index is 0.609. The van der Waals surface area contributed by atoms with Crippen molar-refractivity contribution in [3.63, 3.8) is 0 Å². The van der Waals surface area contributed by atoms with Gasteiger partial charge in [-0.2, -0.15) is 0 Å². The number of methoxy groups -OCH3 is 1. The fraction of sp³-hybridized carbons (Fsp3) is 0.625. The Morgan fingerprint density at radius 2 is 1.63 bits per heavy atom. The first-order valence-corrected chi connectivity index (χ1v) is 7.28. The Bertz CT molecular complexity index is 421. The third-order valence-corrected chi connectivity index (χ3v) is 4.89. The quantitative estimate of drug-likeness (QED) is 0.813. The van der Waals surface area contributed by atoms with Crippen molar-refractivity contribution >= 4 is 5.69 Å². The summed E-state index contributed by atoms with van der Waals surface area (Å²) in [6.45, 7) is 4.96. The van der Waals surface area contributed by atoms with E-state index in [4.69, 9.17) is 4.74 Å². The van der Waals surface area contributed by atoms with Gasteiger partial charge in [-0.15, -0.1) is 0 Å². The molecule has 2 aliphatic heterocycles. The highest BCUT2D eigenvalue weighted by Gasteiger charge is 2.39. The summed E-state index contributed by atoms with van der Waals surface area (Å²) in [5, 5.41) is 0. The van der Waals surface area contributed by atoms with Crippen molar-refractivity contribution in [2.45, 2.75) is 19.3 Å². The van der Waals surface area contributed by atoms with Gasteiger partial charge in [0.05, 0.1) is 7.11 Å². The van der Waals surface area contributed by atoms with Gasteiger partial charge in [-0.1, -0.05) is 0 Å². The molecule has 0 bridgehead atoms. The van der Waals surface area contributed by atoms with Crippen molar-refractivity contribution in [2.24, 2.45) is 5.41 Å². The highest BCUT2D eigenvalue weighted by atomic mass is 16.5. The first-order valence-electron chi connectivity index (χ1n) is 7.28. The van der Waals surface area contributed by atoms with Gasteiger partial charge in [0.1, 0.15) is 5.75 Å². The number of benzene rings is 1. The minimum atomic E-state index is 0.609. The number of likely N-dealkylation sites (tertiary alicyclic amines) is 1. The van der Waals surface area contributed by atoms with Gasteiger partial charge >= 0.3 is 0 Å².